The molecule has 57 heavy (non-hydrogen) atoms. The summed E-state index contributed by atoms with van der Waals surface area (Å²) >= 11 is 1.79. The third-order valence-electron chi connectivity index (χ3n) is 11.1. The minimum atomic E-state index is 0.612. The van der Waals surface area contributed by atoms with Crippen molar-refractivity contribution in [2.45, 2.75) is 0 Å². The van der Waals surface area contributed by atoms with Crippen LogP contribution in [-0.2, 0) is 0 Å². The molecule has 0 saturated heterocycles. The smallest absolute Gasteiger partial charge is 0.164 e. The fraction of sp³-hybridized carbons (Fsp3) is 0. The molecule has 0 atom stereocenters. The third-order valence-corrected chi connectivity index (χ3v) is 12.2. The van der Waals surface area contributed by atoms with E-state index in [1.54, 1.807) is 11.3 Å². The largest absolute Gasteiger partial charge is 0.455 e. The molecule has 0 N–H and O–H groups in total. The van der Waals surface area contributed by atoms with Gasteiger partial charge < -0.3 is 8.98 Å². The van der Waals surface area contributed by atoms with Crippen LogP contribution < -0.4 is 0 Å². The molecule has 5 nitrogen and oxygen atoms in total. The van der Waals surface area contributed by atoms with E-state index in [1.807, 2.05) is 36.4 Å². The van der Waals surface area contributed by atoms with Gasteiger partial charge in [-0.25, -0.2) is 15.0 Å². The quantitative estimate of drug-likeness (QED) is 0.176. The van der Waals surface area contributed by atoms with Gasteiger partial charge in [0, 0.05) is 69.7 Å². The highest BCUT2D eigenvalue weighted by atomic mass is 32.1. The maximum absolute atomic E-state index is 6.77. The van der Waals surface area contributed by atoms with Crippen molar-refractivity contribution in [1.29, 1.82) is 0 Å². The van der Waals surface area contributed by atoms with E-state index in [-0.39, 0.29) is 0 Å². The van der Waals surface area contributed by atoms with Crippen LogP contribution in [-0.4, -0.2) is 19.5 Å². The molecule has 0 aliphatic carbocycles. The summed E-state index contributed by atoms with van der Waals surface area (Å²) in [7, 11) is 0. The monoisotopic (exact) mass is 746 g/mol. The third kappa shape index (κ3) is 5.04. The molecule has 8 aromatic carbocycles. The molecule has 0 radical (unpaired) electrons. The van der Waals surface area contributed by atoms with Crippen molar-refractivity contribution in [3.8, 4) is 51.0 Å². The van der Waals surface area contributed by atoms with Crippen LogP contribution in [0.25, 0.3) is 115 Å². The number of hydrogen-bond acceptors (Lipinski definition) is 5. The van der Waals surface area contributed by atoms with Gasteiger partial charge in [0.15, 0.2) is 17.5 Å². The molecule has 0 unspecified atom stereocenters. The predicted molar refractivity (Wildman–Crippen MR) is 236 cm³/mol. The number of nitrogens with zero attached hydrogens (tertiary/aromatic N) is 4. The van der Waals surface area contributed by atoms with E-state index in [1.165, 1.54) is 36.5 Å². The highest BCUT2D eigenvalue weighted by Crippen LogP contribution is 2.43. The molecule has 6 heteroatoms. The van der Waals surface area contributed by atoms with E-state index >= 15 is 0 Å². The highest BCUT2D eigenvalue weighted by Gasteiger charge is 2.20. The Balaban J connectivity index is 1.03. The minimum absolute atomic E-state index is 0.612. The van der Waals surface area contributed by atoms with Crippen molar-refractivity contribution < 1.29 is 4.42 Å². The van der Waals surface area contributed by atoms with Crippen molar-refractivity contribution >= 4 is 75.3 Å². The van der Waals surface area contributed by atoms with Gasteiger partial charge in [-0.2, -0.15) is 0 Å². The van der Waals surface area contributed by atoms with Crippen LogP contribution in [0, 0.1) is 0 Å². The maximum atomic E-state index is 6.77. The molecule has 0 bridgehead atoms. The Kier molecular flexibility index (Phi) is 7.03. The minimum Gasteiger partial charge on any atom is -0.455 e. The molecule has 4 aromatic heterocycles. The summed E-state index contributed by atoms with van der Waals surface area (Å²) in [4.78, 5) is 15.2. The molecule has 0 spiro atoms. The van der Waals surface area contributed by atoms with Gasteiger partial charge in [-0.05, 0) is 60.2 Å². The first kappa shape index (κ1) is 31.9. The van der Waals surface area contributed by atoms with E-state index in [9.17, 15) is 0 Å². The topological polar surface area (TPSA) is 56.7 Å². The standard InChI is InChI=1S/C51H30N4OS/c1-3-13-31(14-4-1)49-52-50(54-51(53-49)33-25-27-36-35-17-8-10-24-45(35)57-46(36)30-33)32-26-28-44-41(29-32)39-21-11-20-38(48(39)56-44)37-19-12-23-43-47(37)40-18-7-9-22-42(40)55(43)34-15-5-2-6-16-34/h1-30H. The van der Waals surface area contributed by atoms with Crippen LogP contribution in [0.15, 0.2) is 186 Å². The average Bonchev–Trinajstić information content (AvgIpc) is 3.96. The molecule has 12 rings (SSSR count). The SMILES string of the molecule is c1ccc(-c2nc(-c3ccc4c(c3)sc3ccccc34)nc(-c3ccc4oc5c(-c6cccc7c6c6ccccc6n7-c6ccccc6)cccc5c4c3)n2)cc1. The summed E-state index contributed by atoms with van der Waals surface area (Å²) in [6.07, 6.45) is 0. The van der Waals surface area contributed by atoms with Gasteiger partial charge >= 0.3 is 0 Å². The molecule has 0 amide bonds. The Morgan fingerprint density at radius 3 is 1.86 bits per heavy atom. The Morgan fingerprint density at radius 1 is 0.404 bits per heavy atom. The van der Waals surface area contributed by atoms with Crippen LogP contribution in [0.2, 0.25) is 0 Å². The first-order valence-corrected chi connectivity index (χ1v) is 19.8. The Morgan fingerprint density at radius 2 is 1.02 bits per heavy atom. The van der Waals surface area contributed by atoms with Crippen LogP contribution in [0.1, 0.15) is 0 Å². The fourth-order valence-corrected chi connectivity index (χ4v) is 9.61. The lowest BCUT2D eigenvalue weighted by Crippen LogP contribution is -2.00. The van der Waals surface area contributed by atoms with Crippen molar-refractivity contribution in [1.82, 2.24) is 19.5 Å². The molecule has 12 aromatic rings. The molecule has 0 aliphatic rings. The molecular formula is C51H30N4OS. The number of benzene rings is 8. The second kappa shape index (κ2) is 12.6. The Labute approximate surface area is 330 Å². The molecule has 0 saturated carbocycles. The normalized spacial score (nSPS) is 11.9. The van der Waals surface area contributed by atoms with Crippen molar-refractivity contribution in [3.05, 3.63) is 182 Å². The number of para-hydroxylation sites is 3. The zero-order valence-electron chi connectivity index (χ0n) is 30.4. The van der Waals surface area contributed by atoms with E-state index in [0.29, 0.717) is 17.5 Å². The summed E-state index contributed by atoms with van der Waals surface area (Å²) in [6.45, 7) is 0. The summed E-state index contributed by atoms with van der Waals surface area (Å²) in [6, 6.07) is 63.7. The van der Waals surface area contributed by atoms with Crippen LogP contribution in [0.5, 0.6) is 0 Å². The maximum Gasteiger partial charge on any atom is 0.164 e. The van der Waals surface area contributed by atoms with Gasteiger partial charge in [0.25, 0.3) is 0 Å². The van der Waals surface area contributed by atoms with E-state index in [2.05, 4.69) is 150 Å². The Hall–Kier alpha value is -7.41. The summed E-state index contributed by atoms with van der Waals surface area (Å²) in [5.74, 6) is 1.89. The van der Waals surface area contributed by atoms with E-state index in [0.717, 1.165) is 61.0 Å². The second-order valence-electron chi connectivity index (χ2n) is 14.4. The van der Waals surface area contributed by atoms with Gasteiger partial charge in [0.05, 0.1) is 11.0 Å². The average molecular weight is 747 g/mol. The van der Waals surface area contributed by atoms with Crippen LogP contribution in [0.4, 0.5) is 0 Å². The van der Waals surface area contributed by atoms with E-state index in [4.69, 9.17) is 19.4 Å². The predicted octanol–water partition coefficient (Wildman–Crippen LogP) is 13.9. The number of rotatable bonds is 5. The first-order valence-electron chi connectivity index (χ1n) is 19.0. The highest BCUT2D eigenvalue weighted by molar-refractivity contribution is 7.25. The second-order valence-corrected chi connectivity index (χ2v) is 15.4. The number of furan rings is 1. The van der Waals surface area contributed by atoms with Crippen molar-refractivity contribution in [2.75, 3.05) is 0 Å². The summed E-state index contributed by atoms with van der Waals surface area (Å²) < 4.78 is 11.6. The molecule has 266 valence electrons. The number of thiophene rings is 1. The van der Waals surface area contributed by atoms with Gasteiger partial charge in [0.1, 0.15) is 11.2 Å². The van der Waals surface area contributed by atoms with Gasteiger partial charge in [-0.1, -0.05) is 127 Å². The summed E-state index contributed by atoms with van der Waals surface area (Å²) in [5, 5.41) is 6.97. The van der Waals surface area contributed by atoms with Gasteiger partial charge in [-0.3, -0.25) is 0 Å². The molecule has 0 aliphatic heterocycles. The van der Waals surface area contributed by atoms with E-state index < -0.39 is 0 Å². The first-order chi connectivity index (χ1) is 28.2. The van der Waals surface area contributed by atoms with Crippen molar-refractivity contribution in [3.63, 3.8) is 0 Å². The number of hydrogen-bond donors (Lipinski definition) is 0. The lowest BCUT2D eigenvalue weighted by Gasteiger charge is -2.09. The number of fused-ring (bicyclic) bond motifs is 9. The van der Waals surface area contributed by atoms with Crippen molar-refractivity contribution in [2.24, 2.45) is 0 Å². The lowest BCUT2D eigenvalue weighted by molar-refractivity contribution is 0.670. The molecular weight excluding hydrogens is 717 g/mol. The van der Waals surface area contributed by atoms with Gasteiger partial charge in [-0.15, -0.1) is 11.3 Å². The fourth-order valence-electron chi connectivity index (χ4n) is 8.46. The Bertz CT molecular complexity index is 3530. The zero-order chi connectivity index (χ0) is 37.5. The molecule has 4 heterocycles. The van der Waals surface area contributed by atoms with Gasteiger partial charge in [0.2, 0.25) is 0 Å². The summed E-state index contributed by atoms with van der Waals surface area (Å²) in [5.41, 5.74) is 10.1. The zero-order valence-corrected chi connectivity index (χ0v) is 31.2. The lowest BCUT2D eigenvalue weighted by atomic mass is 9.97. The number of aromatic nitrogens is 4. The van der Waals surface area contributed by atoms with Crippen LogP contribution in [0.3, 0.4) is 0 Å². The molecule has 0 fully saturated rings. The van der Waals surface area contributed by atoms with Crippen LogP contribution >= 0.6 is 11.3 Å².